The van der Waals surface area contributed by atoms with Crippen LogP contribution in [0.3, 0.4) is 0 Å². The predicted octanol–water partition coefficient (Wildman–Crippen LogP) is 3.33. The number of halogens is 1. The maximum atomic E-state index is 4.45. The van der Waals surface area contributed by atoms with Crippen LogP contribution in [-0.2, 0) is 11.5 Å². The molecule has 0 aliphatic rings. The smallest absolute Gasteiger partial charge is 0.0952 e. The first-order valence-corrected chi connectivity index (χ1v) is 6.39. The Kier molecular flexibility index (Phi) is 3.09. The third kappa shape index (κ3) is 2.22. The fraction of sp³-hybridized carbons (Fsp3) is 0.250. The molecule has 15 heavy (non-hydrogen) atoms. The van der Waals surface area contributed by atoms with Gasteiger partial charge < -0.3 is 0 Å². The Hall–Kier alpha value is -0.840. The summed E-state index contributed by atoms with van der Waals surface area (Å²) in [6.07, 6.45) is 2.04. The van der Waals surface area contributed by atoms with Crippen molar-refractivity contribution in [3.05, 3.63) is 41.6 Å². The van der Waals surface area contributed by atoms with Crippen molar-refractivity contribution in [3.8, 4) is 11.3 Å². The minimum Gasteiger partial charge on any atom is -0.275 e. The molecule has 0 amide bonds. The molecule has 0 fully saturated rings. The van der Waals surface area contributed by atoms with E-state index in [-0.39, 0.29) is 0 Å². The SMILES string of the molecule is Cc1cn(C)nc1-c1ccc(CI)cc1. The second-order valence-corrected chi connectivity index (χ2v) is 4.43. The Bertz CT molecular complexity index is 457. The van der Waals surface area contributed by atoms with Gasteiger partial charge in [0, 0.05) is 23.2 Å². The molecule has 78 valence electrons. The molecule has 0 saturated carbocycles. The fourth-order valence-corrected chi connectivity index (χ4v) is 2.15. The molecule has 3 heteroatoms. The number of hydrogen-bond acceptors (Lipinski definition) is 1. The van der Waals surface area contributed by atoms with E-state index in [1.165, 1.54) is 16.7 Å². The Morgan fingerprint density at radius 3 is 2.40 bits per heavy atom. The van der Waals surface area contributed by atoms with Crippen LogP contribution in [-0.4, -0.2) is 9.78 Å². The Morgan fingerprint density at radius 1 is 1.27 bits per heavy atom. The zero-order valence-electron chi connectivity index (χ0n) is 8.87. The van der Waals surface area contributed by atoms with Gasteiger partial charge in [-0.1, -0.05) is 46.9 Å². The molecule has 2 rings (SSSR count). The number of hydrogen-bond donors (Lipinski definition) is 0. The fourth-order valence-electron chi connectivity index (χ4n) is 1.64. The highest BCUT2D eigenvalue weighted by Gasteiger charge is 2.05. The molecule has 0 saturated heterocycles. The van der Waals surface area contributed by atoms with E-state index in [9.17, 15) is 0 Å². The van der Waals surface area contributed by atoms with Gasteiger partial charge in [-0.2, -0.15) is 5.10 Å². The number of alkyl halides is 1. The first kappa shape index (κ1) is 10.7. The molecule has 2 aromatic rings. The van der Waals surface area contributed by atoms with E-state index in [4.69, 9.17) is 0 Å². The Balaban J connectivity index is 2.41. The second-order valence-electron chi connectivity index (χ2n) is 3.66. The normalized spacial score (nSPS) is 10.6. The minimum absolute atomic E-state index is 1.05. The molecular formula is C12H13IN2. The van der Waals surface area contributed by atoms with Crippen molar-refractivity contribution < 1.29 is 0 Å². The van der Waals surface area contributed by atoms with Crippen molar-refractivity contribution in [2.45, 2.75) is 11.4 Å². The third-order valence-electron chi connectivity index (χ3n) is 2.39. The van der Waals surface area contributed by atoms with E-state index in [1.54, 1.807) is 0 Å². The van der Waals surface area contributed by atoms with Crippen molar-refractivity contribution in [2.75, 3.05) is 0 Å². The van der Waals surface area contributed by atoms with Crippen LogP contribution in [0.25, 0.3) is 11.3 Å². The van der Waals surface area contributed by atoms with E-state index >= 15 is 0 Å². The van der Waals surface area contributed by atoms with Gasteiger partial charge in [-0.3, -0.25) is 4.68 Å². The van der Waals surface area contributed by atoms with E-state index < -0.39 is 0 Å². The number of nitrogens with zero attached hydrogens (tertiary/aromatic N) is 2. The van der Waals surface area contributed by atoms with Crippen molar-refractivity contribution in [3.63, 3.8) is 0 Å². The zero-order chi connectivity index (χ0) is 10.8. The van der Waals surface area contributed by atoms with Crippen molar-refractivity contribution in [1.29, 1.82) is 0 Å². The Morgan fingerprint density at radius 2 is 1.93 bits per heavy atom. The highest BCUT2D eigenvalue weighted by molar-refractivity contribution is 14.1. The van der Waals surface area contributed by atoms with Crippen molar-refractivity contribution in [2.24, 2.45) is 7.05 Å². The minimum atomic E-state index is 1.05. The summed E-state index contributed by atoms with van der Waals surface area (Å²) in [5.41, 5.74) is 4.85. The highest BCUT2D eigenvalue weighted by Crippen LogP contribution is 2.21. The summed E-state index contributed by atoms with van der Waals surface area (Å²) in [5.74, 6) is 0. The average Bonchev–Trinajstić information content (AvgIpc) is 2.58. The monoisotopic (exact) mass is 312 g/mol. The van der Waals surface area contributed by atoms with Gasteiger partial charge in [0.15, 0.2) is 0 Å². The van der Waals surface area contributed by atoms with Crippen LogP contribution < -0.4 is 0 Å². The zero-order valence-corrected chi connectivity index (χ0v) is 11.0. The lowest BCUT2D eigenvalue weighted by atomic mass is 10.1. The van der Waals surface area contributed by atoms with Gasteiger partial charge in [0.05, 0.1) is 5.69 Å². The van der Waals surface area contributed by atoms with Crippen LogP contribution in [0.4, 0.5) is 0 Å². The largest absolute Gasteiger partial charge is 0.275 e. The molecule has 0 radical (unpaired) electrons. The van der Waals surface area contributed by atoms with Crippen LogP contribution >= 0.6 is 22.6 Å². The molecule has 1 aromatic heterocycles. The van der Waals surface area contributed by atoms with Crippen molar-refractivity contribution in [1.82, 2.24) is 9.78 Å². The lowest BCUT2D eigenvalue weighted by Crippen LogP contribution is -1.88. The molecule has 2 nitrogen and oxygen atoms in total. The molecule has 1 aromatic carbocycles. The second kappa shape index (κ2) is 4.35. The van der Waals surface area contributed by atoms with Crippen LogP contribution in [0.15, 0.2) is 30.5 Å². The van der Waals surface area contributed by atoms with E-state index in [1.807, 2.05) is 17.9 Å². The topological polar surface area (TPSA) is 17.8 Å². The van der Waals surface area contributed by atoms with Gasteiger partial charge in [0.1, 0.15) is 0 Å². The van der Waals surface area contributed by atoms with E-state index in [2.05, 4.69) is 58.9 Å². The molecule has 0 unspecified atom stereocenters. The summed E-state index contributed by atoms with van der Waals surface area (Å²) in [4.78, 5) is 0. The lowest BCUT2D eigenvalue weighted by molar-refractivity contribution is 0.770. The van der Waals surface area contributed by atoms with E-state index in [0.717, 1.165) is 10.1 Å². The van der Waals surface area contributed by atoms with Crippen LogP contribution in [0, 0.1) is 6.92 Å². The summed E-state index contributed by atoms with van der Waals surface area (Å²) in [7, 11) is 1.95. The molecule has 0 N–H and O–H groups in total. The van der Waals surface area contributed by atoms with Gasteiger partial charge in [-0.15, -0.1) is 0 Å². The lowest BCUT2D eigenvalue weighted by Gasteiger charge is -2.00. The quantitative estimate of drug-likeness (QED) is 0.614. The third-order valence-corrected chi connectivity index (χ3v) is 3.27. The predicted molar refractivity (Wildman–Crippen MR) is 71.1 cm³/mol. The average molecular weight is 312 g/mol. The first-order valence-electron chi connectivity index (χ1n) is 4.86. The van der Waals surface area contributed by atoms with Gasteiger partial charge >= 0.3 is 0 Å². The van der Waals surface area contributed by atoms with Crippen LogP contribution in [0.2, 0.25) is 0 Å². The molecule has 0 atom stereocenters. The molecule has 0 aliphatic heterocycles. The van der Waals surface area contributed by atoms with Gasteiger partial charge in [-0.05, 0) is 18.1 Å². The summed E-state index contributed by atoms with van der Waals surface area (Å²) < 4.78 is 2.91. The van der Waals surface area contributed by atoms with Crippen molar-refractivity contribution >= 4 is 22.6 Å². The number of aryl methyl sites for hydroxylation is 2. The standard InChI is InChI=1S/C12H13IN2/c1-9-8-15(2)14-12(9)11-5-3-10(7-13)4-6-11/h3-6,8H,7H2,1-2H3. The maximum Gasteiger partial charge on any atom is 0.0952 e. The first-order chi connectivity index (χ1) is 7.20. The van der Waals surface area contributed by atoms with Crippen LogP contribution in [0.1, 0.15) is 11.1 Å². The molecular weight excluding hydrogens is 299 g/mol. The number of aromatic nitrogens is 2. The maximum absolute atomic E-state index is 4.45. The Labute approximate surface area is 103 Å². The van der Waals surface area contributed by atoms with Gasteiger partial charge in [0.25, 0.3) is 0 Å². The summed E-state index contributed by atoms with van der Waals surface area (Å²) in [6, 6.07) is 8.61. The van der Waals surface area contributed by atoms with Gasteiger partial charge in [-0.25, -0.2) is 0 Å². The molecule has 0 spiro atoms. The summed E-state index contributed by atoms with van der Waals surface area (Å²) in [5, 5.41) is 4.45. The summed E-state index contributed by atoms with van der Waals surface area (Å²) in [6.45, 7) is 2.09. The number of rotatable bonds is 2. The molecule has 1 heterocycles. The molecule has 0 bridgehead atoms. The van der Waals surface area contributed by atoms with Gasteiger partial charge in [0.2, 0.25) is 0 Å². The molecule has 0 aliphatic carbocycles. The summed E-state index contributed by atoms with van der Waals surface area (Å²) >= 11 is 2.37. The highest BCUT2D eigenvalue weighted by atomic mass is 127. The van der Waals surface area contributed by atoms with Crippen LogP contribution in [0.5, 0.6) is 0 Å². The number of benzene rings is 1. The van der Waals surface area contributed by atoms with E-state index in [0.29, 0.717) is 0 Å².